The maximum Gasteiger partial charge on any atom is 0.241 e. The van der Waals surface area contributed by atoms with Crippen molar-refractivity contribution in [2.75, 3.05) is 13.2 Å². The summed E-state index contributed by atoms with van der Waals surface area (Å²) in [6.45, 7) is 2.32. The molecule has 1 aromatic rings. The second-order valence-electron chi connectivity index (χ2n) is 4.37. The molecule has 0 saturated heterocycles. The number of carbonyl (C=O) groups excluding carboxylic acids is 1. The predicted molar refractivity (Wildman–Crippen MR) is 80.9 cm³/mol. The molecule has 1 radical (unpaired) electrons. The van der Waals surface area contributed by atoms with E-state index in [0.717, 1.165) is 0 Å². The number of alkyl halides is 1. The largest absolute Gasteiger partial charge is 0.479 e. The average molecular weight is 413 g/mol. The van der Waals surface area contributed by atoms with Crippen LogP contribution in [0.4, 0.5) is 0 Å². The molecule has 2 rings (SSSR count). The van der Waals surface area contributed by atoms with Gasteiger partial charge >= 0.3 is 0 Å². The standard InChI is InChI=1S/C15H13Cl2N2O2.Y/c1-2-19-14(6-5-12(16)15(19)20)11-4-3-10(9-13(11)17)21-8-7-18;/h3-4,9,12H,2,5,8H2,1H3;/q-1;. The summed E-state index contributed by atoms with van der Waals surface area (Å²) in [5.74, 6) is 0.361. The minimum atomic E-state index is -0.578. The molecule has 0 aliphatic carbocycles. The van der Waals surface area contributed by atoms with E-state index in [9.17, 15) is 4.79 Å². The van der Waals surface area contributed by atoms with E-state index in [1.54, 1.807) is 23.1 Å². The summed E-state index contributed by atoms with van der Waals surface area (Å²) in [6.07, 6.45) is 3.49. The van der Waals surface area contributed by atoms with Gasteiger partial charge in [-0.2, -0.15) is 5.26 Å². The summed E-state index contributed by atoms with van der Waals surface area (Å²) in [6, 6.07) is 6.97. The van der Waals surface area contributed by atoms with E-state index in [-0.39, 0.29) is 45.2 Å². The Labute approximate surface area is 164 Å². The van der Waals surface area contributed by atoms with Gasteiger partial charge in [-0.05, 0) is 24.1 Å². The number of nitrogens with zero attached hydrogens (tertiary/aromatic N) is 2. The van der Waals surface area contributed by atoms with Crippen LogP contribution in [0.3, 0.4) is 0 Å². The third-order valence-electron chi connectivity index (χ3n) is 3.07. The van der Waals surface area contributed by atoms with Crippen LogP contribution in [-0.2, 0) is 37.5 Å². The van der Waals surface area contributed by atoms with Crippen molar-refractivity contribution in [1.29, 1.82) is 5.26 Å². The smallest absolute Gasteiger partial charge is 0.241 e. The number of carbonyl (C=O) groups is 1. The Morgan fingerprint density at radius 1 is 1.55 bits per heavy atom. The summed E-state index contributed by atoms with van der Waals surface area (Å²) in [4.78, 5) is 13.7. The molecule has 0 fully saturated rings. The maximum atomic E-state index is 12.1. The molecule has 7 heteroatoms. The van der Waals surface area contributed by atoms with Gasteiger partial charge in [0.05, 0.1) is 0 Å². The molecular formula is C15H13Cl2N2O2Y-. The molecular weight excluding hydrogens is 400 g/mol. The number of allylic oxidation sites excluding steroid dienone is 1. The van der Waals surface area contributed by atoms with Gasteiger partial charge in [-0.3, -0.25) is 4.79 Å². The summed E-state index contributed by atoms with van der Waals surface area (Å²) in [5.41, 5.74) is 1.33. The van der Waals surface area contributed by atoms with Crippen molar-refractivity contribution in [2.24, 2.45) is 0 Å². The molecule has 0 bridgehead atoms. The number of hydrogen-bond donors (Lipinski definition) is 0. The van der Waals surface area contributed by atoms with Gasteiger partial charge in [-0.15, -0.1) is 40.5 Å². The van der Waals surface area contributed by atoms with E-state index in [0.29, 0.717) is 35.0 Å². The van der Waals surface area contributed by atoms with Crippen LogP contribution in [0, 0.1) is 17.4 Å². The van der Waals surface area contributed by atoms with E-state index in [1.807, 2.05) is 13.0 Å². The Balaban J connectivity index is 0.00000242. The van der Waals surface area contributed by atoms with Crippen molar-refractivity contribution >= 4 is 34.8 Å². The molecule has 1 unspecified atom stereocenters. The monoisotopic (exact) mass is 412 g/mol. The molecule has 22 heavy (non-hydrogen) atoms. The quantitative estimate of drug-likeness (QED) is 0.563. The second kappa shape index (κ2) is 8.89. The molecule has 0 saturated carbocycles. The summed E-state index contributed by atoms with van der Waals surface area (Å²) < 4.78 is 5.19. The zero-order chi connectivity index (χ0) is 15.4. The van der Waals surface area contributed by atoms with Gasteiger partial charge in [0.15, 0.2) is 6.61 Å². The third kappa shape index (κ3) is 4.23. The van der Waals surface area contributed by atoms with Crippen molar-refractivity contribution in [3.63, 3.8) is 0 Å². The fourth-order valence-electron chi connectivity index (χ4n) is 2.10. The minimum Gasteiger partial charge on any atom is -0.479 e. The zero-order valence-electron chi connectivity index (χ0n) is 12.0. The third-order valence-corrected chi connectivity index (χ3v) is 3.72. The molecule has 113 valence electrons. The molecule has 1 aromatic carbocycles. The van der Waals surface area contributed by atoms with Gasteiger partial charge in [0.2, 0.25) is 5.91 Å². The van der Waals surface area contributed by atoms with Crippen LogP contribution in [0.15, 0.2) is 18.2 Å². The first-order chi connectivity index (χ1) is 10.1. The molecule has 0 N–H and O–H groups in total. The van der Waals surface area contributed by atoms with Gasteiger partial charge in [-0.25, -0.2) is 6.08 Å². The fourth-order valence-corrected chi connectivity index (χ4v) is 2.55. The van der Waals surface area contributed by atoms with Crippen LogP contribution in [-0.4, -0.2) is 29.3 Å². The van der Waals surface area contributed by atoms with Crippen molar-refractivity contribution in [1.82, 2.24) is 4.90 Å². The SMILES string of the molecule is CCN1C(=O)C(Cl)C[C-]=C1c1ccc(OCC#N)cc1Cl.[Y]. The van der Waals surface area contributed by atoms with Gasteiger partial charge < -0.3 is 9.64 Å². The van der Waals surface area contributed by atoms with Crippen LogP contribution < -0.4 is 4.74 Å². The average Bonchev–Trinajstić information content (AvgIpc) is 2.48. The molecule has 4 nitrogen and oxygen atoms in total. The van der Waals surface area contributed by atoms with Gasteiger partial charge in [0.1, 0.15) is 17.2 Å². The number of benzene rings is 1. The van der Waals surface area contributed by atoms with E-state index >= 15 is 0 Å². The van der Waals surface area contributed by atoms with Gasteiger partial charge in [-0.1, -0.05) is 6.42 Å². The first kappa shape index (κ1) is 19.5. The second-order valence-corrected chi connectivity index (χ2v) is 5.30. The Morgan fingerprint density at radius 3 is 2.86 bits per heavy atom. The predicted octanol–water partition coefficient (Wildman–Crippen LogP) is 3.24. The van der Waals surface area contributed by atoms with Crippen molar-refractivity contribution in [2.45, 2.75) is 18.7 Å². The van der Waals surface area contributed by atoms with Crippen LogP contribution in [0.25, 0.3) is 5.70 Å². The van der Waals surface area contributed by atoms with E-state index in [2.05, 4.69) is 6.08 Å². The first-order valence-corrected chi connectivity index (χ1v) is 7.25. The Bertz CT molecular complexity index is 628. The van der Waals surface area contributed by atoms with E-state index in [1.165, 1.54) is 0 Å². The van der Waals surface area contributed by atoms with Crippen molar-refractivity contribution in [3.8, 4) is 11.8 Å². The van der Waals surface area contributed by atoms with Crippen LogP contribution >= 0.6 is 23.2 Å². The number of hydrogen-bond acceptors (Lipinski definition) is 3. The van der Waals surface area contributed by atoms with Crippen LogP contribution in [0.5, 0.6) is 5.75 Å². The van der Waals surface area contributed by atoms with Gasteiger partial charge in [0.25, 0.3) is 0 Å². The molecule has 1 heterocycles. The summed E-state index contributed by atoms with van der Waals surface area (Å²) in [7, 11) is 0. The molecule has 1 atom stereocenters. The molecule has 1 aliphatic heterocycles. The Kier molecular flexibility index (Phi) is 7.86. The minimum absolute atomic E-state index is 0. The number of halogens is 2. The number of nitriles is 1. The summed E-state index contributed by atoms with van der Waals surface area (Å²) >= 11 is 12.2. The Morgan fingerprint density at radius 2 is 2.27 bits per heavy atom. The first-order valence-electron chi connectivity index (χ1n) is 6.44. The van der Waals surface area contributed by atoms with Crippen LogP contribution in [0.2, 0.25) is 5.02 Å². The topological polar surface area (TPSA) is 53.3 Å². The van der Waals surface area contributed by atoms with E-state index < -0.39 is 5.38 Å². The van der Waals surface area contributed by atoms with Crippen molar-refractivity contribution in [3.05, 3.63) is 34.9 Å². The number of ether oxygens (including phenoxy) is 1. The fraction of sp³-hybridized carbons (Fsp3) is 0.333. The molecule has 0 spiro atoms. The number of rotatable bonds is 4. The van der Waals surface area contributed by atoms with Crippen molar-refractivity contribution < 1.29 is 42.2 Å². The zero-order valence-corrected chi connectivity index (χ0v) is 16.3. The molecule has 0 aromatic heterocycles. The van der Waals surface area contributed by atoms with Gasteiger partial charge in [0, 0.05) is 39.3 Å². The van der Waals surface area contributed by atoms with Crippen LogP contribution in [0.1, 0.15) is 18.9 Å². The van der Waals surface area contributed by atoms with E-state index in [4.69, 9.17) is 33.2 Å². The molecule has 1 aliphatic rings. The maximum absolute atomic E-state index is 12.1. The summed E-state index contributed by atoms with van der Waals surface area (Å²) in [5, 5.41) is 8.36. The number of amides is 1. The Hall–Kier alpha value is -0.596. The normalized spacial score (nSPS) is 17.4. The molecule has 1 amide bonds.